The lowest BCUT2D eigenvalue weighted by Gasteiger charge is -2.26. The third-order valence-corrected chi connectivity index (χ3v) is 2.65. The highest BCUT2D eigenvalue weighted by molar-refractivity contribution is 5.48. The van der Waals surface area contributed by atoms with Crippen molar-refractivity contribution in [3.63, 3.8) is 0 Å². The molecule has 0 aromatic heterocycles. The molecule has 0 saturated carbocycles. The average molecular weight is 239 g/mol. The lowest BCUT2D eigenvalue weighted by Crippen LogP contribution is -2.26. The summed E-state index contributed by atoms with van der Waals surface area (Å²) in [6.07, 6.45) is 0. The van der Waals surface area contributed by atoms with Crippen LogP contribution in [0.3, 0.4) is 0 Å². The van der Waals surface area contributed by atoms with Crippen molar-refractivity contribution in [1.82, 2.24) is 0 Å². The quantitative estimate of drug-likeness (QED) is 0.863. The van der Waals surface area contributed by atoms with Gasteiger partial charge in [-0.05, 0) is 46.8 Å². The van der Waals surface area contributed by atoms with E-state index in [1.165, 1.54) is 6.07 Å². The monoisotopic (exact) mass is 239 g/mol. The molecule has 0 atom stereocenters. The van der Waals surface area contributed by atoms with Crippen molar-refractivity contribution >= 4 is 5.69 Å². The minimum absolute atomic E-state index is 0.0786. The fraction of sp³-hybridized carbons (Fsp3) is 0.571. The Bertz CT molecular complexity index is 394. The van der Waals surface area contributed by atoms with Gasteiger partial charge in [0.25, 0.3) is 0 Å². The molecule has 0 spiro atoms. The Hall–Kier alpha value is -1.09. The van der Waals surface area contributed by atoms with Crippen molar-refractivity contribution in [2.75, 3.05) is 12.4 Å². The Labute approximate surface area is 103 Å². The predicted molar refractivity (Wildman–Crippen MR) is 69.8 cm³/mol. The van der Waals surface area contributed by atoms with Crippen molar-refractivity contribution in [3.05, 3.63) is 29.6 Å². The average Bonchev–Trinajstić information content (AvgIpc) is 2.14. The highest BCUT2D eigenvalue weighted by Crippen LogP contribution is 2.28. The molecule has 0 unspecified atom stereocenters. The fourth-order valence-electron chi connectivity index (χ4n) is 1.62. The number of hydrogen-bond acceptors (Lipinski definition) is 2. The van der Waals surface area contributed by atoms with Crippen LogP contribution >= 0.6 is 0 Å². The van der Waals surface area contributed by atoms with E-state index in [0.29, 0.717) is 5.56 Å². The van der Waals surface area contributed by atoms with E-state index in [-0.39, 0.29) is 11.4 Å². The summed E-state index contributed by atoms with van der Waals surface area (Å²) in [4.78, 5) is 0. The molecular weight excluding hydrogens is 217 g/mol. The van der Waals surface area contributed by atoms with E-state index in [0.717, 1.165) is 5.69 Å². The number of methoxy groups -OCH3 is 1. The van der Waals surface area contributed by atoms with Crippen LogP contribution in [0.4, 0.5) is 10.1 Å². The van der Waals surface area contributed by atoms with Gasteiger partial charge in [0.15, 0.2) is 0 Å². The first-order valence-corrected chi connectivity index (χ1v) is 5.79. The maximum atomic E-state index is 14.0. The highest BCUT2D eigenvalue weighted by atomic mass is 19.1. The van der Waals surface area contributed by atoms with Gasteiger partial charge < -0.3 is 10.1 Å². The Morgan fingerprint density at radius 3 is 2.12 bits per heavy atom. The second kappa shape index (κ2) is 4.65. The van der Waals surface area contributed by atoms with Gasteiger partial charge in [-0.3, -0.25) is 0 Å². The predicted octanol–water partition coefficient (Wildman–Crippen LogP) is 3.92. The fourth-order valence-corrected chi connectivity index (χ4v) is 1.62. The summed E-state index contributed by atoms with van der Waals surface area (Å²) in [5.74, 6) is -0.244. The van der Waals surface area contributed by atoms with Crippen LogP contribution in [-0.4, -0.2) is 12.6 Å². The molecule has 1 rings (SSSR count). The van der Waals surface area contributed by atoms with E-state index in [2.05, 4.69) is 5.32 Å². The number of nitrogens with one attached hydrogen (secondary N) is 1. The van der Waals surface area contributed by atoms with Crippen LogP contribution in [0.2, 0.25) is 0 Å². The van der Waals surface area contributed by atoms with Crippen LogP contribution < -0.4 is 5.32 Å². The zero-order valence-electron chi connectivity index (χ0n) is 11.5. The molecule has 2 nitrogen and oxygen atoms in total. The van der Waals surface area contributed by atoms with Crippen LogP contribution in [0.25, 0.3) is 0 Å². The second-order valence-electron chi connectivity index (χ2n) is 5.78. The minimum atomic E-state index is -0.607. The summed E-state index contributed by atoms with van der Waals surface area (Å²) < 4.78 is 19.3. The molecule has 1 aromatic carbocycles. The lowest BCUT2D eigenvalue weighted by molar-refractivity contribution is 0.0163. The van der Waals surface area contributed by atoms with E-state index < -0.39 is 5.60 Å². The molecule has 0 aliphatic heterocycles. The first-order valence-electron chi connectivity index (χ1n) is 5.79. The van der Waals surface area contributed by atoms with Gasteiger partial charge in [0.05, 0.1) is 5.60 Å². The van der Waals surface area contributed by atoms with Crippen LogP contribution in [0.5, 0.6) is 0 Å². The zero-order valence-corrected chi connectivity index (χ0v) is 11.5. The van der Waals surface area contributed by atoms with Gasteiger partial charge in [-0.25, -0.2) is 4.39 Å². The topological polar surface area (TPSA) is 21.3 Å². The van der Waals surface area contributed by atoms with Crippen molar-refractivity contribution in [1.29, 1.82) is 0 Å². The Morgan fingerprint density at radius 2 is 1.71 bits per heavy atom. The SMILES string of the molecule is COC(C)(C)c1ccc(NC(C)(C)C)cc1F. The molecule has 17 heavy (non-hydrogen) atoms. The van der Waals surface area contributed by atoms with Crippen molar-refractivity contribution in [2.24, 2.45) is 0 Å². The summed E-state index contributed by atoms with van der Waals surface area (Å²) >= 11 is 0. The number of halogens is 1. The molecular formula is C14H22FNO. The molecule has 1 aromatic rings. The molecule has 0 radical (unpaired) electrons. The van der Waals surface area contributed by atoms with E-state index in [1.807, 2.05) is 40.7 Å². The maximum Gasteiger partial charge on any atom is 0.131 e. The van der Waals surface area contributed by atoms with E-state index in [4.69, 9.17) is 4.74 Å². The molecule has 0 aliphatic carbocycles. The van der Waals surface area contributed by atoms with Gasteiger partial charge in [0.1, 0.15) is 5.82 Å². The van der Waals surface area contributed by atoms with Crippen molar-refractivity contribution in [3.8, 4) is 0 Å². The van der Waals surface area contributed by atoms with E-state index in [9.17, 15) is 4.39 Å². The molecule has 1 N–H and O–H groups in total. The summed E-state index contributed by atoms with van der Waals surface area (Å²) in [7, 11) is 1.58. The molecule has 0 fully saturated rings. The Kier molecular flexibility index (Phi) is 3.82. The summed E-state index contributed by atoms with van der Waals surface area (Å²) in [5.41, 5.74) is 0.667. The highest BCUT2D eigenvalue weighted by Gasteiger charge is 2.23. The van der Waals surface area contributed by atoms with E-state index >= 15 is 0 Å². The van der Waals surface area contributed by atoms with Gasteiger partial charge in [0, 0.05) is 23.9 Å². The van der Waals surface area contributed by atoms with Crippen molar-refractivity contribution < 1.29 is 9.13 Å². The van der Waals surface area contributed by atoms with Gasteiger partial charge >= 0.3 is 0 Å². The number of rotatable bonds is 3. The molecule has 0 amide bonds. The largest absolute Gasteiger partial charge is 0.380 e. The van der Waals surface area contributed by atoms with Crippen LogP contribution in [0, 0.1) is 5.82 Å². The first-order chi connectivity index (χ1) is 7.65. The summed E-state index contributed by atoms with van der Waals surface area (Å²) in [6, 6.07) is 5.17. The number of anilines is 1. The summed E-state index contributed by atoms with van der Waals surface area (Å²) in [6.45, 7) is 9.82. The standard InChI is InChI=1S/C14H22FNO/c1-13(2,3)16-10-7-8-11(12(15)9-10)14(4,5)17-6/h7-9,16H,1-6H3. The van der Waals surface area contributed by atoms with E-state index in [1.54, 1.807) is 13.2 Å². The second-order valence-corrected chi connectivity index (χ2v) is 5.78. The Morgan fingerprint density at radius 1 is 1.12 bits per heavy atom. The first kappa shape index (κ1) is 14.0. The van der Waals surface area contributed by atoms with Gasteiger partial charge in [-0.2, -0.15) is 0 Å². The Balaban J connectivity index is 3.02. The minimum Gasteiger partial charge on any atom is -0.380 e. The van der Waals surface area contributed by atoms with Crippen LogP contribution in [-0.2, 0) is 10.3 Å². The molecule has 0 aliphatic rings. The molecule has 0 saturated heterocycles. The van der Waals surface area contributed by atoms with Gasteiger partial charge in [0.2, 0.25) is 0 Å². The molecule has 0 heterocycles. The third-order valence-electron chi connectivity index (χ3n) is 2.65. The number of benzene rings is 1. The normalized spacial score (nSPS) is 12.6. The van der Waals surface area contributed by atoms with Gasteiger partial charge in [-0.15, -0.1) is 0 Å². The number of ether oxygens (including phenoxy) is 1. The van der Waals surface area contributed by atoms with Crippen molar-refractivity contribution in [2.45, 2.75) is 45.8 Å². The smallest absolute Gasteiger partial charge is 0.131 e. The zero-order chi connectivity index (χ0) is 13.3. The lowest BCUT2D eigenvalue weighted by atomic mass is 9.97. The maximum absolute atomic E-state index is 14.0. The van der Waals surface area contributed by atoms with Gasteiger partial charge in [-0.1, -0.05) is 6.07 Å². The number of hydrogen-bond donors (Lipinski definition) is 1. The molecule has 3 heteroatoms. The third kappa shape index (κ3) is 3.70. The summed E-state index contributed by atoms with van der Waals surface area (Å²) in [5, 5.41) is 3.24. The van der Waals surface area contributed by atoms with Crippen LogP contribution in [0.15, 0.2) is 18.2 Å². The van der Waals surface area contributed by atoms with Crippen LogP contribution in [0.1, 0.15) is 40.2 Å². The molecule has 96 valence electrons. The molecule has 0 bridgehead atoms.